The summed E-state index contributed by atoms with van der Waals surface area (Å²) < 4.78 is 0. The van der Waals surface area contributed by atoms with Crippen molar-refractivity contribution in [3.63, 3.8) is 0 Å². The van der Waals surface area contributed by atoms with E-state index in [1.54, 1.807) is 0 Å². The largest absolute Gasteiger partial charge is 0.380 e. The lowest BCUT2D eigenvalue weighted by Crippen LogP contribution is -2.04. The van der Waals surface area contributed by atoms with E-state index in [2.05, 4.69) is 32.6 Å². The molecule has 0 heterocycles. The van der Waals surface area contributed by atoms with Gasteiger partial charge in [-0.25, -0.2) is 0 Å². The molecule has 1 nitrogen and oxygen atoms in total. The summed E-state index contributed by atoms with van der Waals surface area (Å²) >= 11 is 0. The van der Waals surface area contributed by atoms with Gasteiger partial charge < -0.3 is 5.11 Å². The van der Waals surface area contributed by atoms with Gasteiger partial charge in [-0.05, 0) is 25.2 Å². The number of aliphatic hydroxyl groups is 1. The quantitative estimate of drug-likeness (QED) is 0.512. The van der Waals surface area contributed by atoms with Gasteiger partial charge in [0.05, 0.1) is 0 Å². The van der Waals surface area contributed by atoms with Gasteiger partial charge in [0.15, 0.2) is 0 Å². The van der Waals surface area contributed by atoms with E-state index < -0.39 is 6.10 Å². The minimum Gasteiger partial charge on any atom is -0.380 e. The van der Waals surface area contributed by atoms with Gasteiger partial charge in [-0.2, -0.15) is 0 Å². The third kappa shape index (κ3) is 9.43. The van der Waals surface area contributed by atoms with E-state index in [1.807, 2.05) is 0 Å². The third-order valence-corrected chi connectivity index (χ3v) is 1.94. The standard InChI is InChI=1S/C12H22O/c1-4-5-6-7-8-12(13)10-9-11(2)3/h11-13H,4-6,9-10H2,1-3H3. The SMILES string of the molecule is CCCCC#CC(O)CCC(C)C. The summed E-state index contributed by atoms with van der Waals surface area (Å²) in [7, 11) is 0. The summed E-state index contributed by atoms with van der Waals surface area (Å²) in [6.45, 7) is 6.48. The van der Waals surface area contributed by atoms with Crippen molar-refractivity contribution in [2.24, 2.45) is 5.92 Å². The lowest BCUT2D eigenvalue weighted by molar-refractivity contribution is 0.212. The van der Waals surface area contributed by atoms with Crippen LogP contribution in [0.15, 0.2) is 0 Å². The molecule has 76 valence electrons. The molecule has 0 aliphatic carbocycles. The van der Waals surface area contributed by atoms with Gasteiger partial charge in [0.1, 0.15) is 6.10 Å². The second kappa shape index (κ2) is 8.13. The predicted octanol–water partition coefficient (Wildman–Crippen LogP) is 2.98. The van der Waals surface area contributed by atoms with Crippen LogP contribution in [0.1, 0.15) is 52.9 Å². The maximum Gasteiger partial charge on any atom is 0.114 e. The van der Waals surface area contributed by atoms with Crippen LogP contribution in [0.5, 0.6) is 0 Å². The molecule has 1 N–H and O–H groups in total. The Morgan fingerprint density at radius 3 is 2.46 bits per heavy atom. The first kappa shape index (κ1) is 12.5. The van der Waals surface area contributed by atoms with Crippen LogP contribution in [-0.4, -0.2) is 11.2 Å². The Balaban J connectivity index is 3.46. The molecule has 0 aromatic carbocycles. The van der Waals surface area contributed by atoms with Gasteiger partial charge >= 0.3 is 0 Å². The fraction of sp³-hybridized carbons (Fsp3) is 0.833. The first-order chi connectivity index (χ1) is 6.16. The van der Waals surface area contributed by atoms with Crippen LogP contribution < -0.4 is 0 Å². The Morgan fingerprint density at radius 2 is 1.92 bits per heavy atom. The number of aliphatic hydroxyl groups excluding tert-OH is 1. The maximum atomic E-state index is 9.42. The molecule has 0 fully saturated rings. The highest BCUT2D eigenvalue weighted by molar-refractivity contribution is 5.04. The van der Waals surface area contributed by atoms with Gasteiger partial charge in [0, 0.05) is 6.42 Å². The number of hydrogen-bond donors (Lipinski definition) is 1. The topological polar surface area (TPSA) is 20.2 Å². The van der Waals surface area contributed by atoms with Crippen molar-refractivity contribution in [3.8, 4) is 11.8 Å². The zero-order chi connectivity index (χ0) is 10.1. The van der Waals surface area contributed by atoms with Gasteiger partial charge in [-0.1, -0.05) is 33.1 Å². The predicted molar refractivity (Wildman–Crippen MR) is 57.4 cm³/mol. The Labute approximate surface area is 82.5 Å². The molecular formula is C12H22O. The second-order valence-electron chi connectivity index (χ2n) is 3.91. The summed E-state index contributed by atoms with van der Waals surface area (Å²) in [5, 5.41) is 9.42. The first-order valence-corrected chi connectivity index (χ1v) is 5.33. The minimum absolute atomic E-state index is 0.403. The Kier molecular flexibility index (Phi) is 7.83. The molecule has 0 bridgehead atoms. The van der Waals surface area contributed by atoms with Crippen molar-refractivity contribution in [3.05, 3.63) is 0 Å². The van der Waals surface area contributed by atoms with Crippen molar-refractivity contribution in [1.29, 1.82) is 0 Å². The normalized spacial score (nSPS) is 12.4. The van der Waals surface area contributed by atoms with Crippen LogP contribution in [0.4, 0.5) is 0 Å². The zero-order valence-electron chi connectivity index (χ0n) is 9.14. The summed E-state index contributed by atoms with van der Waals surface area (Å²) in [5.41, 5.74) is 0. The molecule has 0 radical (unpaired) electrons. The fourth-order valence-corrected chi connectivity index (χ4v) is 1.02. The molecular weight excluding hydrogens is 160 g/mol. The Hall–Kier alpha value is -0.480. The lowest BCUT2D eigenvalue weighted by Gasteiger charge is -2.05. The van der Waals surface area contributed by atoms with E-state index in [1.165, 1.54) is 6.42 Å². The minimum atomic E-state index is -0.403. The highest BCUT2D eigenvalue weighted by Crippen LogP contribution is 2.05. The molecule has 0 rings (SSSR count). The monoisotopic (exact) mass is 182 g/mol. The molecule has 0 amide bonds. The molecule has 1 unspecified atom stereocenters. The van der Waals surface area contributed by atoms with E-state index in [-0.39, 0.29) is 0 Å². The van der Waals surface area contributed by atoms with Gasteiger partial charge in [0.2, 0.25) is 0 Å². The highest BCUT2D eigenvalue weighted by atomic mass is 16.3. The summed E-state index contributed by atoms with van der Waals surface area (Å²) in [5.74, 6) is 6.55. The van der Waals surface area contributed by atoms with Crippen LogP contribution in [0, 0.1) is 17.8 Å². The van der Waals surface area contributed by atoms with Gasteiger partial charge in [0.25, 0.3) is 0 Å². The van der Waals surface area contributed by atoms with Gasteiger partial charge in [-0.15, -0.1) is 5.92 Å². The second-order valence-corrected chi connectivity index (χ2v) is 3.91. The average molecular weight is 182 g/mol. The molecule has 0 spiro atoms. The van der Waals surface area contributed by atoms with Crippen LogP contribution in [0.25, 0.3) is 0 Å². The van der Waals surface area contributed by atoms with E-state index in [4.69, 9.17) is 0 Å². The molecule has 0 saturated heterocycles. The van der Waals surface area contributed by atoms with Gasteiger partial charge in [-0.3, -0.25) is 0 Å². The Morgan fingerprint density at radius 1 is 1.23 bits per heavy atom. The molecule has 13 heavy (non-hydrogen) atoms. The molecule has 1 atom stereocenters. The fourth-order valence-electron chi connectivity index (χ4n) is 1.02. The lowest BCUT2D eigenvalue weighted by atomic mass is 10.1. The van der Waals surface area contributed by atoms with Crippen LogP contribution >= 0.6 is 0 Å². The van der Waals surface area contributed by atoms with Crippen LogP contribution in [-0.2, 0) is 0 Å². The van der Waals surface area contributed by atoms with E-state index in [0.29, 0.717) is 5.92 Å². The van der Waals surface area contributed by atoms with Crippen molar-refractivity contribution in [1.82, 2.24) is 0 Å². The first-order valence-electron chi connectivity index (χ1n) is 5.33. The molecule has 1 heteroatoms. The van der Waals surface area contributed by atoms with Crippen molar-refractivity contribution in [2.75, 3.05) is 0 Å². The molecule has 0 aliphatic heterocycles. The van der Waals surface area contributed by atoms with Crippen LogP contribution in [0.3, 0.4) is 0 Å². The maximum absolute atomic E-state index is 9.42. The van der Waals surface area contributed by atoms with Crippen molar-refractivity contribution >= 4 is 0 Å². The highest BCUT2D eigenvalue weighted by Gasteiger charge is 2.00. The number of hydrogen-bond acceptors (Lipinski definition) is 1. The average Bonchev–Trinajstić information content (AvgIpc) is 2.09. The molecule has 0 aromatic heterocycles. The summed E-state index contributed by atoms with van der Waals surface area (Å²) in [4.78, 5) is 0. The zero-order valence-corrected chi connectivity index (χ0v) is 9.14. The van der Waals surface area contributed by atoms with Crippen molar-refractivity contribution in [2.45, 2.75) is 59.0 Å². The molecule has 0 aliphatic rings. The summed E-state index contributed by atoms with van der Waals surface area (Å²) in [6.07, 6.45) is 4.72. The molecule has 0 aromatic rings. The summed E-state index contributed by atoms with van der Waals surface area (Å²) in [6, 6.07) is 0. The van der Waals surface area contributed by atoms with Crippen molar-refractivity contribution < 1.29 is 5.11 Å². The van der Waals surface area contributed by atoms with E-state index in [9.17, 15) is 5.11 Å². The number of unbranched alkanes of at least 4 members (excludes halogenated alkanes) is 2. The smallest absolute Gasteiger partial charge is 0.114 e. The molecule has 0 saturated carbocycles. The third-order valence-electron chi connectivity index (χ3n) is 1.94. The number of rotatable bonds is 5. The van der Waals surface area contributed by atoms with Crippen LogP contribution in [0.2, 0.25) is 0 Å². The van der Waals surface area contributed by atoms with E-state index in [0.717, 1.165) is 25.7 Å². The Bertz CT molecular complexity index is 162. The van der Waals surface area contributed by atoms with E-state index >= 15 is 0 Å².